The Balaban J connectivity index is 2.24. The number of aryl methyl sites for hydroxylation is 1. The number of hydrogen-bond acceptors (Lipinski definition) is 3. The third-order valence-corrected chi connectivity index (χ3v) is 3.12. The van der Waals surface area contributed by atoms with Crippen LogP contribution in [0.2, 0.25) is 0 Å². The van der Waals surface area contributed by atoms with Gasteiger partial charge in [-0.05, 0) is 31.2 Å². The van der Waals surface area contributed by atoms with Crippen LogP contribution in [0.5, 0.6) is 0 Å². The van der Waals surface area contributed by atoms with E-state index in [1.807, 2.05) is 6.07 Å². The molecule has 0 unspecified atom stereocenters. The predicted octanol–water partition coefficient (Wildman–Crippen LogP) is 2.59. The lowest BCUT2D eigenvalue weighted by Crippen LogP contribution is -2.29. The van der Waals surface area contributed by atoms with Crippen LogP contribution in [-0.4, -0.2) is 31.7 Å². The van der Waals surface area contributed by atoms with Crippen molar-refractivity contribution >= 4 is 16.7 Å². The van der Waals surface area contributed by atoms with Gasteiger partial charge in [0.15, 0.2) is 0 Å². The summed E-state index contributed by atoms with van der Waals surface area (Å²) in [4.78, 5) is 6.96. The van der Waals surface area contributed by atoms with E-state index in [1.165, 1.54) is 10.9 Å². The molecule has 0 saturated carbocycles. The zero-order valence-electron chi connectivity index (χ0n) is 11.4. The molecule has 2 aromatic rings. The monoisotopic (exact) mass is 243 g/mol. The molecule has 0 bridgehead atoms. The van der Waals surface area contributed by atoms with Crippen molar-refractivity contribution in [1.82, 2.24) is 10.3 Å². The summed E-state index contributed by atoms with van der Waals surface area (Å²) in [7, 11) is 2.10. The van der Waals surface area contributed by atoms with E-state index in [0.29, 0.717) is 0 Å². The number of para-hydroxylation sites is 1. The number of nitrogens with zero attached hydrogens (tertiary/aromatic N) is 2. The maximum absolute atomic E-state index is 4.75. The van der Waals surface area contributed by atoms with Gasteiger partial charge in [0.05, 0.1) is 5.52 Å². The number of nitrogens with one attached hydrogen (secondary N) is 1. The molecule has 2 rings (SSSR count). The van der Waals surface area contributed by atoms with E-state index in [0.717, 1.165) is 31.0 Å². The zero-order valence-corrected chi connectivity index (χ0v) is 11.4. The largest absolute Gasteiger partial charge is 0.358 e. The minimum Gasteiger partial charge on any atom is -0.358 e. The zero-order chi connectivity index (χ0) is 13.0. The number of rotatable bonds is 5. The van der Waals surface area contributed by atoms with Gasteiger partial charge in [-0.1, -0.05) is 25.1 Å². The molecule has 3 nitrogen and oxygen atoms in total. The Labute approximate surface area is 109 Å². The summed E-state index contributed by atoms with van der Waals surface area (Å²) in [6.07, 6.45) is 0. The van der Waals surface area contributed by atoms with E-state index in [4.69, 9.17) is 4.98 Å². The predicted molar refractivity (Wildman–Crippen MR) is 78.3 cm³/mol. The lowest BCUT2D eigenvalue weighted by molar-refractivity contribution is 0.702. The van der Waals surface area contributed by atoms with Gasteiger partial charge in [0, 0.05) is 25.5 Å². The van der Waals surface area contributed by atoms with E-state index in [9.17, 15) is 0 Å². The highest BCUT2D eigenvalue weighted by Gasteiger charge is 2.07. The van der Waals surface area contributed by atoms with E-state index in [-0.39, 0.29) is 0 Å². The smallest absolute Gasteiger partial charge is 0.131 e. The highest BCUT2D eigenvalue weighted by atomic mass is 15.2. The van der Waals surface area contributed by atoms with Crippen LogP contribution in [-0.2, 0) is 0 Å². The fraction of sp³-hybridized carbons (Fsp3) is 0.400. The second-order valence-corrected chi connectivity index (χ2v) is 4.60. The SMILES string of the molecule is CCNCCN(C)c1nc2ccccc2cc1C. The first-order chi connectivity index (χ1) is 8.72. The number of benzene rings is 1. The van der Waals surface area contributed by atoms with Crippen LogP contribution < -0.4 is 10.2 Å². The second kappa shape index (κ2) is 5.83. The number of aromatic nitrogens is 1. The summed E-state index contributed by atoms with van der Waals surface area (Å²) in [5.74, 6) is 1.08. The standard InChI is InChI=1S/C15H21N3/c1-4-16-9-10-18(3)15-12(2)11-13-7-5-6-8-14(13)17-15/h5-8,11,16H,4,9-10H2,1-3H3. The molecular weight excluding hydrogens is 222 g/mol. The van der Waals surface area contributed by atoms with E-state index in [2.05, 4.69) is 55.4 Å². The Morgan fingerprint density at radius 2 is 2.06 bits per heavy atom. The van der Waals surface area contributed by atoms with Gasteiger partial charge < -0.3 is 10.2 Å². The average molecular weight is 243 g/mol. The molecule has 1 N–H and O–H groups in total. The number of hydrogen-bond donors (Lipinski definition) is 1. The highest BCUT2D eigenvalue weighted by molar-refractivity contribution is 5.81. The summed E-state index contributed by atoms with van der Waals surface area (Å²) in [6, 6.07) is 10.5. The van der Waals surface area contributed by atoms with Gasteiger partial charge in [-0.2, -0.15) is 0 Å². The Kier molecular flexibility index (Phi) is 4.15. The lowest BCUT2D eigenvalue weighted by Gasteiger charge is -2.20. The van der Waals surface area contributed by atoms with Gasteiger partial charge in [0.1, 0.15) is 5.82 Å². The molecule has 1 aromatic heterocycles. The Morgan fingerprint density at radius 3 is 2.83 bits per heavy atom. The average Bonchev–Trinajstić information content (AvgIpc) is 2.38. The van der Waals surface area contributed by atoms with Crippen molar-refractivity contribution in [2.75, 3.05) is 31.6 Å². The molecule has 0 fully saturated rings. The molecule has 1 heterocycles. The van der Waals surface area contributed by atoms with Crippen LogP contribution in [0.15, 0.2) is 30.3 Å². The van der Waals surface area contributed by atoms with Crippen LogP contribution in [0.25, 0.3) is 10.9 Å². The van der Waals surface area contributed by atoms with E-state index < -0.39 is 0 Å². The van der Waals surface area contributed by atoms with Crippen molar-refractivity contribution in [1.29, 1.82) is 0 Å². The van der Waals surface area contributed by atoms with Crippen molar-refractivity contribution in [3.8, 4) is 0 Å². The number of fused-ring (bicyclic) bond motifs is 1. The first-order valence-electron chi connectivity index (χ1n) is 6.50. The normalized spacial score (nSPS) is 10.8. The fourth-order valence-corrected chi connectivity index (χ4v) is 2.13. The number of pyridine rings is 1. The molecule has 1 aromatic carbocycles. The molecule has 0 aliphatic heterocycles. The van der Waals surface area contributed by atoms with Crippen molar-refractivity contribution < 1.29 is 0 Å². The van der Waals surface area contributed by atoms with Crippen LogP contribution in [0.3, 0.4) is 0 Å². The van der Waals surface area contributed by atoms with Crippen LogP contribution in [0, 0.1) is 6.92 Å². The van der Waals surface area contributed by atoms with Gasteiger partial charge in [0.25, 0.3) is 0 Å². The van der Waals surface area contributed by atoms with Crippen molar-refractivity contribution in [2.24, 2.45) is 0 Å². The molecule has 96 valence electrons. The lowest BCUT2D eigenvalue weighted by atomic mass is 10.1. The Bertz CT molecular complexity index is 522. The minimum absolute atomic E-state index is 0.972. The van der Waals surface area contributed by atoms with Gasteiger partial charge in [-0.25, -0.2) is 4.98 Å². The highest BCUT2D eigenvalue weighted by Crippen LogP contribution is 2.21. The Hall–Kier alpha value is -1.61. The molecule has 3 heteroatoms. The molecule has 0 atom stereocenters. The van der Waals surface area contributed by atoms with Crippen molar-refractivity contribution in [3.05, 3.63) is 35.9 Å². The third kappa shape index (κ3) is 2.79. The molecule has 0 amide bonds. The van der Waals surface area contributed by atoms with Gasteiger partial charge in [-0.3, -0.25) is 0 Å². The summed E-state index contributed by atoms with van der Waals surface area (Å²) < 4.78 is 0. The maximum Gasteiger partial charge on any atom is 0.131 e. The second-order valence-electron chi connectivity index (χ2n) is 4.60. The van der Waals surface area contributed by atoms with Crippen molar-refractivity contribution in [3.63, 3.8) is 0 Å². The van der Waals surface area contributed by atoms with Gasteiger partial charge in [-0.15, -0.1) is 0 Å². The minimum atomic E-state index is 0.972. The summed E-state index contributed by atoms with van der Waals surface area (Å²) in [5, 5.41) is 4.54. The fourth-order valence-electron chi connectivity index (χ4n) is 2.13. The van der Waals surface area contributed by atoms with E-state index in [1.54, 1.807) is 0 Å². The van der Waals surface area contributed by atoms with Crippen LogP contribution in [0.1, 0.15) is 12.5 Å². The maximum atomic E-state index is 4.75. The van der Waals surface area contributed by atoms with E-state index >= 15 is 0 Å². The van der Waals surface area contributed by atoms with Crippen LogP contribution >= 0.6 is 0 Å². The third-order valence-electron chi connectivity index (χ3n) is 3.12. The molecule has 0 aliphatic carbocycles. The van der Waals surface area contributed by atoms with Gasteiger partial charge >= 0.3 is 0 Å². The molecule has 0 saturated heterocycles. The topological polar surface area (TPSA) is 28.2 Å². The Morgan fingerprint density at radius 1 is 1.28 bits per heavy atom. The number of likely N-dealkylation sites (N-methyl/N-ethyl adjacent to an activating group) is 2. The first-order valence-corrected chi connectivity index (χ1v) is 6.50. The molecule has 0 aliphatic rings. The first kappa shape index (κ1) is 12.8. The number of anilines is 1. The summed E-state index contributed by atoms with van der Waals surface area (Å²) in [5.41, 5.74) is 2.29. The quantitative estimate of drug-likeness (QED) is 0.818. The molecule has 0 radical (unpaired) electrons. The summed E-state index contributed by atoms with van der Waals surface area (Å²) >= 11 is 0. The van der Waals surface area contributed by atoms with Gasteiger partial charge in [0.2, 0.25) is 0 Å². The van der Waals surface area contributed by atoms with Crippen LogP contribution in [0.4, 0.5) is 5.82 Å². The summed E-state index contributed by atoms with van der Waals surface area (Å²) in [6.45, 7) is 7.22. The molecule has 0 spiro atoms. The molecular formula is C15H21N3. The molecule has 18 heavy (non-hydrogen) atoms. The van der Waals surface area contributed by atoms with Crippen molar-refractivity contribution in [2.45, 2.75) is 13.8 Å².